The SMILES string of the molecule is CC(C)C[C@H](CC(=O)[C@H](Cc1ccccc1)NC(=O)c1cnccn1)B1OC(=O)[C@@H](CC(=O)NC(C)(C)C)O1. The van der Waals surface area contributed by atoms with E-state index in [-0.39, 0.29) is 42.6 Å². The lowest BCUT2D eigenvalue weighted by Crippen LogP contribution is -2.44. The number of hydrogen-bond acceptors (Lipinski definition) is 8. The molecular weight excluding hydrogens is 499 g/mol. The average Bonchev–Trinajstić information content (AvgIpc) is 3.22. The van der Waals surface area contributed by atoms with Gasteiger partial charge in [0.25, 0.3) is 5.91 Å². The molecule has 1 aliphatic rings. The molecule has 2 N–H and O–H groups in total. The largest absolute Gasteiger partial charge is 0.531 e. The fraction of sp³-hybridized carbons (Fsp3) is 0.500. The average molecular weight is 536 g/mol. The first-order valence-corrected chi connectivity index (χ1v) is 13.2. The van der Waals surface area contributed by atoms with Gasteiger partial charge in [0, 0.05) is 30.2 Å². The van der Waals surface area contributed by atoms with E-state index in [4.69, 9.17) is 9.31 Å². The molecule has 39 heavy (non-hydrogen) atoms. The lowest BCUT2D eigenvalue weighted by molar-refractivity contribution is -0.139. The Bertz CT molecular complexity index is 1140. The molecule has 3 rings (SSSR count). The number of rotatable bonds is 12. The summed E-state index contributed by atoms with van der Waals surface area (Å²) in [5.41, 5.74) is 0.533. The van der Waals surface area contributed by atoms with Crippen LogP contribution in [0.25, 0.3) is 0 Å². The van der Waals surface area contributed by atoms with Crippen LogP contribution in [0, 0.1) is 5.92 Å². The van der Waals surface area contributed by atoms with Crippen LogP contribution in [0.2, 0.25) is 5.82 Å². The predicted molar refractivity (Wildman–Crippen MR) is 145 cm³/mol. The number of amides is 2. The van der Waals surface area contributed by atoms with Crippen molar-refractivity contribution in [2.75, 3.05) is 0 Å². The summed E-state index contributed by atoms with van der Waals surface area (Å²) in [6, 6.07) is 8.53. The number of hydrogen-bond donors (Lipinski definition) is 2. The molecule has 0 bridgehead atoms. The van der Waals surface area contributed by atoms with Crippen molar-refractivity contribution in [3.8, 4) is 0 Å². The number of ketones is 1. The Kier molecular flexibility index (Phi) is 10.3. The van der Waals surface area contributed by atoms with Crippen LogP contribution in [0.5, 0.6) is 0 Å². The van der Waals surface area contributed by atoms with E-state index in [2.05, 4.69) is 20.6 Å². The monoisotopic (exact) mass is 536 g/mol. The second-order valence-electron chi connectivity index (χ2n) is 11.3. The highest BCUT2D eigenvalue weighted by molar-refractivity contribution is 6.51. The maximum absolute atomic E-state index is 13.6. The van der Waals surface area contributed by atoms with Gasteiger partial charge in [-0.2, -0.15) is 0 Å². The van der Waals surface area contributed by atoms with Gasteiger partial charge in [0.2, 0.25) is 5.91 Å². The topological polar surface area (TPSA) is 137 Å². The first-order chi connectivity index (χ1) is 18.4. The van der Waals surface area contributed by atoms with Gasteiger partial charge in [-0.15, -0.1) is 0 Å². The van der Waals surface area contributed by atoms with Crippen LogP contribution >= 0.6 is 0 Å². The molecule has 11 heteroatoms. The maximum atomic E-state index is 13.6. The fourth-order valence-electron chi connectivity index (χ4n) is 4.45. The Morgan fingerprint density at radius 2 is 1.82 bits per heavy atom. The normalized spacial score (nSPS) is 16.9. The molecule has 0 aliphatic carbocycles. The van der Waals surface area contributed by atoms with E-state index in [1.165, 1.54) is 18.6 Å². The number of nitrogens with zero attached hydrogens (tertiary/aromatic N) is 2. The smallest absolute Gasteiger partial charge is 0.507 e. The minimum atomic E-state index is -1.04. The molecule has 1 saturated heterocycles. The summed E-state index contributed by atoms with van der Waals surface area (Å²) >= 11 is 0. The molecule has 3 atom stereocenters. The molecule has 0 radical (unpaired) electrons. The number of carbonyl (C=O) groups excluding carboxylic acids is 4. The van der Waals surface area contributed by atoms with Crippen molar-refractivity contribution in [1.29, 1.82) is 0 Å². The number of carbonyl (C=O) groups is 4. The summed E-state index contributed by atoms with van der Waals surface area (Å²) in [6.45, 7) is 9.54. The molecule has 1 aromatic carbocycles. The van der Waals surface area contributed by atoms with Crippen LogP contribution in [-0.2, 0) is 30.1 Å². The Labute approximate surface area is 229 Å². The van der Waals surface area contributed by atoms with Crippen molar-refractivity contribution in [3.05, 3.63) is 60.2 Å². The summed E-state index contributed by atoms with van der Waals surface area (Å²) in [5.74, 6) is -1.96. The van der Waals surface area contributed by atoms with Crippen LogP contribution in [-0.4, -0.2) is 58.3 Å². The number of aromatic nitrogens is 2. The summed E-state index contributed by atoms with van der Waals surface area (Å²) < 4.78 is 11.4. The van der Waals surface area contributed by atoms with E-state index in [9.17, 15) is 19.2 Å². The van der Waals surface area contributed by atoms with Gasteiger partial charge in [0.05, 0.1) is 18.7 Å². The third-order valence-corrected chi connectivity index (χ3v) is 6.07. The second-order valence-corrected chi connectivity index (χ2v) is 11.3. The zero-order chi connectivity index (χ0) is 28.6. The predicted octanol–water partition coefficient (Wildman–Crippen LogP) is 2.93. The Hall–Kier alpha value is -3.60. The van der Waals surface area contributed by atoms with E-state index in [0.717, 1.165) is 5.56 Å². The second kappa shape index (κ2) is 13.5. The lowest BCUT2D eigenvalue weighted by atomic mass is 9.65. The van der Waals surface area contributed by atoms with E-state index in [1.807, 2.05) is 65.0 Å². The summed E-state index contributed by atoms with van der Waals surface area (Å²) in [4.78, 5) is 59.4. The highest BCUT2D eigenvalue weighted by Gasteiger charge is 2.47. The number of Topliss-reactive ketones (excluding diaryl/α,β-unsaturated/α-hetero) is 1. The molecule has 1 aromatic heterocycles. The van der Waals surface area contributed by atoms with Crippen molar-refractivity contribution >= 4 is 30.7 Å². The van der Waals surface area contributed by atoms with E-state index in [0.29, 0.717) is 6.42 Å². The first kappa shape index (κ1) is 30.0. The third kappa shape index (κ3) is 9.58. The van der Waals surface area contributed by atoms with E-state index >= 15 is 0 Å². The van der Waals surface area contributed by atoms with Crippen LogP contribution < -0.4 is 10.6 Å². The van der Waals surface area contributed by atoms with Crippen LogP contribution in [0.1, 0.15) is 69.9 Å². The molecule has 0 spiro atoms. The Morgan fingerprint density at radius 1 is 1.10 bits per heavy atom. The molecule has 1 fully saturated rings. The van der Waals surface area contributed by atoms with Gasteiger partial charge < -0.3 is 19.9 Å². The van der Waals surface area contributed by atoms with Gasteiger partial charge in [0.15, 0.2) is 5.78 Å². The molecule has 10 nitrogen and oxygen atoms in total. The standard InChI is InChI=1S/C28H37BN4O6/c1-18(2)13-20(29-38-24(27(37)39-29)16-25(35)33-28(3,4)5)15-23(34)21(14-19-9-7-6-8-10-19)32-26(36)22-17-30-11-12-31-22/h6-12,17-18,20-21,24H,13-16H2,1-5H3,(H,32,36)(H,33,35)/t20-,21+,24-/m1/s1. The first-order valence-electron chi connectivity index (χ1n) is 13.2. The van der Waals surface area contributed by atoms with Gasteiger partial charge in [0.1, 0.15) is 11.8 Å². The molecule has 2 amide bonds. The zero-order valence-corrected chi connectivity index (χ0v) is 23.2. The Morgan fingerprint density at radius 3 is 2.44 bits per heavy atom. The van der Waals surface area contributed by atoms with E-state index < -0.39 is 42.5 Å². The third-order valence-electron chi connectivity index (χ3n) is 6.07. The lowest BCUT2D eigenvalue weighted by Gasteiger charge is -2.23. The molecule has 2 heterocycles. The van der Waals surface area contributed by atoms with Gasteiger partial charge in [-0.1, -0.05) is 44.2 Å². The van der Waals surface area contributed by atoms with Crippen LogP contribution in [0.3, 0.4) is 0 Å². The van der Waals surface area contributed by atoms with Gasteiger partial charge in [-0.05, 0) is 45.1 Å². The van der Waals surface area contributed by atoms with Crippen molar-refractivity contribution in [2.45, 2.75) is 83.8 Å². The molecule has 1 aliphatic heterocycles. The number of nitrogens with one attached hydrogen (secondary N) is 2. The van der Waals surface area contributed by atoms with Crippen molar-refractivity contribution in [3.63, 3.8) is 0 Å². The molecular formula is C28H37BN4O6. The van der Waals surface area contributed by atoms with Gasteiger partial charge in [-0.25, -0.2) is 4.98 Å². The highest BCUT2D eigenvalue weighted by atomic mass is 16.7. The number of benzene rings is 1. The molecule has 0 unspecified atom stereocenters. The maximum Gasteiger partial charge on any atom is 0.531 e. The quantitative estimate of drug-likeness (QED) is 0.395. The fourth-order valence-corrected chi connectivity index (χ4v) is 4.45. The van der Waals surface area contributed by atoms with Gasteiger partial charge >= 0.3 is 13.1 Å². The summed E-state index contributed by atoms with van der Waals surface area (Å²) in [5, 5.41) is 5.62. The van der Waals surface area contributed by atoms with Crippen molar-refractivity contribution in [1.82, 2.24) is 20.6 Å². The Balaban J connectivity index is 1.74. The molecule has 0 saturated carbocycles. The summed E-state index contributed by atoms with van der Waals surface area (Å²) in [6.07, 6.45) is 3.83. The van der Waals surface area contributed by atoms with E-state index in [1.54, 1.807) is 0 Å². The van der Waals surface area contributed by atoms with Gasteiger partial charge in [-0.3, -0.25) is 24.2 Å². The van der Waals surface area contributed by atoms with Crippen LogP contribution in [0.15, 0.2) is 48.9 Å². The van der Waals surface area contributed by atoms with Crippen molar-refractivity contribution in [2.24, 2.45) is 5.92 Å². The molecule has 2 aromatic rings. The van der Waals surface area contributed by atoms with Crippen LogP contribution in [0.4, 0.5) is 0 Å². The summed E-state index contributed by atoms with van der Waals surface area (Å²) in [7, 11) is -0.968. The molecule has 208 valence electrons. The zero-order valence-electron chi connectivity index (χ0n) is 23.2. The minimum absolute atomic E-state index is 0.00921. The minimum Gasteiger partial charge on any atom is -0.507 e. The van der Waals surface area contributed by atoms with Crippen molar-refractivity contribution < 1.29 is 28.5 Å². The highest BCUT2D eigenvalue weighted by Crippen LogP contribution is 2.32.